The van der Waals surface area contributed by atoms with E-state index in [-0.39, 0.29) is 5.91 Å². The molecular formula is C26H23NO3S2. The molecule has 0 aliphatic carbocycles. The molecule has 4 nitrogen and oxygen atoms in total. The van der Waals surface area contributed by atoms with Crippen LogP contribution in [0, 0.1) is 13.8 Å². The Bertz CT molecular complexity index is 1220. The molecule has 0 atom stereocenters. The summed E-state index contributed by atoms with van der Waals surface area (Å²) in [6, 6.07) is 21.5. The minimum Gasteiger partial charge on any atom is -0.493 e. The summed E-state index contributed by atoms with van der Waals surface area (Å²) in [6.45, 7) is 4.51. The highest BCUT2D eigenvalue weighted by Crippen LogP contribution is 2.37. The van der Waals surface area contributed by atoms with Crippen molar-refractivity contribution in [3.05, 3.63) is 93.9 Å². The van der Waals surface area contributed by atoms with E-state index in [4.69, 9.17) is 21.7 Å². The predicted octanol–water partition coefficient (Wildman–Crippen LogP) is 6.30. The summed E-state index contributed by atoms with van der Waals surface area (Å²) in [4.78, 5) is 15.2. The molecule has 1 aliphatic rings. The van der Waals surface area contributed by atoms with Crippen LogP contribution in [-0.2, 0) is 11.4 Å². The van der Waals surface area contributed by atoms with Gasteiger partial charge < -0.3 is 9.47 Å². The first kappa shape index (κ1) is 22.1. The molecule has 0 saturated carbocycles. The van der Waals surface area contributed by atoms with Gasteiger partial charge in [-0.15, -0.1) is 0 Å². The molecule has 1 heterocycles. The number of carbonyl (C=O) groups is 1. The number of ether oxygens (including phenoxy) is 2. The number of methoxy groups -OCH3 is 1. The number of nitrogens with zero attached hydrogens (tertiary/aromatic N) is 1. The number of hydrogen-bond acceptors (Lipinski definition) is 5. The minimum atomic E-state index is -0.121. The Morgan fingerprint density at radius 1 is 1.00 bits per heavy atom. The third-order valence-electron chi connectivity index (χ3n) is 5.18. The summed E-state index contributed by atoms with van der Waals surface area (Å²) in [7, 11) is 1.61. The van der Waals surface area contributed by atoms with Gasteiger partial charge in [-0.25, -0.2) is 0 Å². The van der Waals surface area contributed by atoms with Crippen LogP contribution in [0.1, 0.15) is 22.3 Å². The highest BCUT2D eigenvalue weighted by atomic mass is 32.2. The molecule has 6 heteroatoms. The van der Waals surface area contributed by atoms with Crippen molar-refractivity contribution in [2.75, 3.05) is 12.0 Å². The van der Waals surface area contributed by atoms with Gasteiger partial charge in [0.15, 0.2) is 15.8 Å². The largest absolute Gasteiger partial charge is 0.493 e. The van der Waals surface area contributed by atoms with Crippen molar-refractivity contribution in [3.8, 4) is 11.5 Å². The highest BCUT2D eigenvalue weighted by molar-refractivity contribution is 8.27. The number of aryl methyl sites for hydroxylation is 2. The normalized spacial score (nSPS) is 14.8. The van der Waals surface area contributed by atoms with Crippen LogP contribution >= 0.6 is 24.0 Å². The van der Waals surface area contributed by atoms with Gasteiger partial charge in [0.2, 0.25) is 0 Å². The summed E-state index contributed by atoms with van der Waals surface area (Å²) >= 11 is 6.78. The topological polar surface area (TPSA) is 38.8 Å². The monoisotopic (exact) mass is 461 g/mol. The number of thiocarbonyl (C=S) groups is 1. The van der Waals surface area contributed by atoms with E-state index < -0.39 is 0 Å². The lowest BCUT2D eigenvalue weighted by molar-refractivity contribution is -0.113. The third kappa shape index (κ3) is 4.71. The van der Waals surface area contributed by atoms with Crippen molar-refractivity contribution in [3.63, 3.8) is 0 Å². The number of carbonyl (C=O) groups excluding carboxylic acids is 1. The fraction of sp³-hybridized carbons (Fsp3) is 0.154. The van der Waals surface area contributed by atoms with Crippen molar-refractivity contribution in [1.82, 2.24) is 0 Å². The van der Waals surface area contributed by atoms with Crippen LogP contribution in [0.25, 0.3) is 6.08 Å². The summed E-state index contributed by atoms with van der Waals surface area (Å²) in [5.41, 5.74) is 5.01. The lowest BCUT2D eigenvalue weighted by Gasteiger charge is -2.15. The van der Waals surface area contributed by atoms with E-state index in [0.29, 0.717) is 27.3 Å². The Morgan fingerprint density at radius 3 is 2.56 bits per heavy atom. The zero-order chi connectivity index (χ0) is 22.7. The summed E-state index contributed by atoms with van der Waals surface area (Å²) in [6.07, 6.45) is 1.84. The number of benzene rings is 3. The van der Waals surface area contributed by atoms with Gasteiger partial charge in [0, 0.05) is 0 Å². The Morgan fingerprint density at radius 2 is 1.81 bits per heavy atom. The van der Waals surface area contributed by atoms with E-state index in [1.54, 1.807) is 12.0 Å². The second kappa shape index (κ2) is 9.59. The molecule has 0 aromatic heterocycles. The highest BCUT2D eigenvalue weighted by Gasteiger charge is 2.33. The van der Waals surface area contributed by atoms with E-state index >= 15 is 0 Å². The Hall–Kier alpha value is -3.09. The Balaban J connectivity index is 1.54. The van der Waals surface area contributed by atoms with Crippen molar-refractivity contribution < 1.29 is 14.3 Å². The van der Waals surface area contributed by atoms with Gasteiger partial charge >= 0.3 is 0 Å². The first-order valence-electron chi connectivity index (χ1n) is 10.2. The first-order valence-corrected chi connectivity index (χ1v) is 11.4. The summed E-state index contributed by atoms with van der Waals surface area (Å²) in [5.74, 6) is 1.14. The number of rotatable bonds is 6. The molecule has 1 amide bonds. The van der Waals surface area contributed by atoms with Crippen LogP contribution < -0.4 is 14.4 Å². The van der Waals surface area contributed by atoms with Gasteiger partial charge in [0.25, 0.3) is 5.91 Å². The molecule has 0 radical (unpaired) electrons. The van der Waals surface area contributed by atoms with Gasteiger partial charge in [-0.3, -0.25) is 9.69 Å². The summed E-state index contributed by atoms with van der Waals surface area (Å²) < 4.78 is 12.1. The molecule has 162 valence electrons. The standard InChI is InChI=1S/C26H23NO3S2/c1-17-7-6-10-21(13-17)27-25(28)24(32-26(27)31)15-19-11-12-22(23(14-19)29-3)30-16-20-9-5-4-8-18(20)2/h4-15H,16H2,1-3H3/b24-15-. The van der Waals surface area contributed by atoms with Crippen molar-refractivity contribution in [1.29, 1.82) is 0 Å². The van der Waals surface area contributed by atoms with Gasteiger partial charge in [-0.1, -0.05) is 66.4 Å². The molecule has 1 fully saturated rings. The van der Waals surface area contributed by atoms with E-state index in [9.17, 15) is 4.79 Å². The van der Waals surface area contributed by atoms with Crippen molar-refractivity contribution in [2.45, 2.75) is 20.5 Å². The Kier molecular flexibility index (Phi) is 6.63. The van der Waals surface area contributed by atoms with E-state index in [1.165, 1.54) is 17.3 Å². The third-order valence-corrected chi connectivity index (χ3v) is 6.49. The van der Waals surface area contributed by atoms with Gasteiger partial charge in [0.1, 0.15) is 6.61 Å². The van der Waals surface area contributed by atoms with Crippen LogP contribution in [0.4, 0.5) is 5.69 Å². The molecule has 0 spiro atoms. The van der Waals surface area contributed by atoms with Gasteiger partial charge in [-0.05, 0) is 66.4 Å². The van der Waals surface area contributed by atoms with Crippen LogP contribution in [0.2, 0.25) is 0 Å². The molecule has 3 aromatic carbocycles. The van der Waals surface area contributed by atoms with Crippen molar-refractivity contribution >= 4 is 46.0 Å². The first-order chi connectivity index (χ1) is 15.5. The molecule has 32 heavy (non-hydrogen) atoms. The lowest BCUT2D eigenvalue weighted by atomic mass is 10.1. The smallest absolute Gasteiger partial charge is 0.270 e. The van der Waals surface area contributed by atoms with E-state index in [2.05, 4.69) is 13.0 Å². The second-order valence-corrected chi connectivity index (χ2v) is 9.16. The predicted molar refractivity (Wildman–Crippen MR) is 135 cm³/mol. The van der Waals surface area contributed by atoms with Crippen LogP contribution in [0.3, 0.4) is 0 Å². The van der Waals surface area contributed by atoms with Gasteiger partial charge in [-0.2, -0.15) is 0 Å². The van der Waals surface area contributed by atoms with Crippen LogP contribution in [0.15, 0.2) is 71.6 Å². The number of anilines is 1. The second-order valence-electron chi connectivity index (χ2n) is 7.48. The number of amides is 1. The molecule has 4 rings (SSSR count). The molecule has 1 saturated heterocycles. The van der Waals surface area contributed by atoms with Gasteiger partial charge in [0.05, 0.1) is 17.7 Å². The molecule has 1 aliphatic heterocycles. The molecule has 3 aromatic rings. The van der Waals surface area contributed by atoms with Crippen LogP contribution in [0.5, 0.6) is 11.5 Å². The number of thioether (sulfide) groups is 1. The zero-order valence-corrected chi connectivity index (χ0v) is 19.8. The lowest BCUT2D eigenvalue weighted by Crippen LogP contribution is -2.27. The van der Waals surface area contributed by atoms with Crippen LogP contribution in [-0.4, -0.2) is 17.3 Å². The maximum absolute atomic E-state index is 13.0. The fourth-order valence-electron chi connectivity index (χ4n) is 3.43. The molecule has 0 N–H and O–H groups in total. The average molecular weight is 462 g/mol. The van der Waals surface area contributed by atoms with E-state index in [0.717, 1.165) is 22.4 Å². The minimum absolute atomic E-state index is 0.121. The maximum Gasteiger partial charge on any atom is 0.270 e. The maximum atomic E-state index is 13.0. The summed E-state index contributed by atoms with van der Waals surface area (Å²) in [5, 5.41) is 0. The van der Waals surface area contributed by atoms with E-state index in [1.807, 2.05) is 73.7 Å². The van der Waals surface area contributed by atoms with Crippen molar-refractivity contribution in [2.24, 2.45) is 0 Å². The molecule has 0 bridgehead atoms. The molecular weight excluding hydrogens is 438 g/mol. The zero-order valence-electron chi connectivity index (χ0n) is 18.1. The average Bonchev–Trinajstić information content (AvgIpc) is 3.06. The molecule has 0 unspecified atom stereocenters. The SMILES string of the molecule is COc1cc(/C=C2\SC(=S)N(c3cccc(C)c3)C2=O)ccc1OCc1ccccc1C. The number of hydrogen-bond donors (Lipinski definition) is 0. The fourth-order valence-corrected chi connectivity index (χ4v) is 4.73. The quantitative estimate of drug-likeness (QED) is 0.318. The Labute approximate surface area is 197 Å².